The van der Waals surface area contributed by atoms with Crippen molar-refractivity contribution in [2.45, 2.75) is 26.3 Å². The van der Waals surface area contributed by atoms with Crippen LogP contribution in [-0.4, -0.2) is 38.2 Å². The van der Waals surface area contributed by atoms with E-state index in [1.807, 2.05) is 66.7 Å². The first-order valence-electron chi connectivity index (χ1n) is 11.2. The largest absolute Gasteiger partial charge is 0.495 e. The first kappa shape index (κ1) is 24.6. The molecule has 0 saturated heterocycles. The molecule has 3 aromatic rings. The predicted octanol–water partition coefficient (Wildman–Crippen LogP) is 5.23. The second-order valence-electron chi connectivity index (χ2n) is 7.93. The Morgan fingerprint density at radius 1 is 0.882 bits per heavy atom. The Kier molecular flexibility index (Phi) is 8.91. The number of carbonyl (C=O) groups excluding carboxylic acids is 2. The van der Waals surface area contributed by atoms with E-state index in [0.717, 1.165) is 17.1 Å². The molecule has 0 aliphatic heterocycles. The van der Waals surface area contributed by atoms with Crippen LogP contribution in [0, 0.1) is 0 Å². The molecule has 0 aromatic heterocycles. The summed E-state index contributed by atoms with van der Waals surface area (Å²) in [7, 11) is 1.59. The number of methoxy groups -OCH3 is 1. The molecule has 34 heavy (non-hydrogen) atoms. The summed E-state index contributed by atoms with van der Waals surface area (Å²) in [6.07, 6.45) is 0.130. The zero-order chi connectivity index (χ0) is 24.3. The maximum absolute atomic E-state index is 12.2. The number of hydrogen-bond donors (Lipinski definition) is 2. The summed E-state index contributed by atoms with van der Waals surface area (Å²) in [5.74, 6) is -0.146. The second-order valence-corrected chi connectivity index (χ2v) is 7.93. The number of rotatable bonds is 11. The van der Waals surface area contributed by atoms with Crippen molar-refractivity contribution in [1.82, 2.24) is 0 Å². The first-order chi connectivity index (χ1) is 16.5. The number of hydrogen-bond acceptors (Lipinski definition) is 6. The van der Waals surface area contributed by atoms with Gasteiger partial charge in [-0.2, -0.15) is 0 Å². The molecule has 0 fully saturated rings. The van der Waals surface area contributed by atoms with Crippen molar-refractivity contribution in [3.63, 3.8) is 0 Å². The minimum Gasteiger partial charge on any atom is -0.495 e. The van der Waals surface area contributed by atoms with E-state index in [2.05, 4.69) is 41.5 Å². The van der Waals surface area contributed by atoms with Crippen LogP contribution in [0.4, 0.5) is 22.7 Å². The zero-order valence-corrected chi connectivity index (χ0v) is 19.8. The Morgan fingerprint density at radius 3 is 2.21 bits per heavy atom. The van der Waals surface area contributed by atoms with Gasteiger partial charge in [-0.25, -0.2) is 0 Å². The van der Waals surface area contributed by atoms with Gasteiger partial charge in [-0.3, -0.25) is 9.59 Å². The molecule has 0 radical (unpaired) electrons. The fourth-order valence-corrected chi connectivity index (χ4v) is 3.54. The number of nitrogens with one attached hydrogen (secondary N) is 2. The number of benzene rings is 3. The normalized spacial score (nSPS) is 10.5. The molecular weight excluding hydrogens is 430 g/mol. The highest BCUT2D eigenvalue weighted by atomic mass is 16.5. The minimum atomic E-state index is -0.455. The van der Waals surface area contributed by atoms with Gasteiger partial charge in [0, 0.05) is 29.6 Å². The van der Waals surface area contributed by atoms with Crippen molar-refractivity contribution >= 4 is 34.6 Å². The molecule has 0 unspecified atom stereocenters. The number of anilines is 4. The van der Waals surface area contributed by atoms with Crippen molar-refractivity contribution in [1.29, 1.82) is 0 Å². The third kappa shape index (κ3) is 7.00. The highest BCUT2D eigenvalue weighted by Gasteiger charge is 2.13. The maximum Gasteiger partial charge on any atom is 0.308 e. The maximum atomic E-state index is 12.2. The molecule has 0 aliphatic rings. The highest BCUT2D eigenvalue weighted by Crippen LogP contribution is 2.28. The summed E-state index contributed by atoms with van der Waals surface area (Å²) in [6.45, 7) is 4.29. The lowest BCUT2D eigenvalue weighted by Crippen LogP contribution is -2.25. The van der Waals surface area contributed by atoms with E-state index in [9.17, 15) is 9.59 Å². The average Bonchev–Trinajstić information content (AvgIpc) is 2.85. The molecule has 3 rings (SSSR count). The van der Waals surface area contributed by atoms with Gasteiger partial charge in [-0.05, 0) is 62.4 Å². The van der Waals surface area contributed by atoms with Crippen LogP contribution < -0.4 is 20.3 Å². The van der Waals surface area contributed by atoms with E-state index in [0.29, 0.717) is 18.0 Å². The molecule has 0 atom stereocenters. The van der Waals surface area contributed by atoms with Crippen molar-refractivity contribution in [3.05, 3.63) is 78.9 Å². The van der Waals surface area contributed by atoms with Crippen LogP contribution in [0.3, 0.4) is 0 Å². The average molecular weight is 462 g/mol. The lowest BCUT2D eigenvalue weighted by Gasteiger charge is -2.29. The number of esters is 1. The molecule has 0 spiro atoms. The Bertz CT molecular complexity index is 1070. The third-order valence-corrected chi connectivity index (χ3v) is 5.10. The smallest absolute Gasteiger partial charge is 0.308 e. The molecule has 178 valence electrons. The molecule has 3 aromatic carbocycles. The summed E-state index contributed by atoms with van der Waals surface area (Å²) >= 11 is 0. The minimum absolute atomic E-state index is 0.130. The predicted molar refractivity (Wildman–Crippen MR) is 136 cm³/mol. The molecule has 0 saturated carbocycles. The van der Waals surface area contributed by atoms with Gasteiger partial charge in [-0.15, -0.1) is 0 Å². The van der Waals surface area contributed by atoms with Gasteiger partial charge in [0.1, 0.15) is 5.75 Å². The fourth-order valence-electron chi connectivity index (χ4n) is 3.54. The van der Waals surface area contributed by atoms with Crippen LogP contribution in [0.15, 0.2) is 78.9 Å². The Balaban J connectivity index is 1.45. The molecule has 0 aliphatic carbocycles. The van der Waals surface area contributed by atoms with Crippen LogP contribution in [0.1, 0.15) is 20.3 Å². The van der Waals surface area contributed by atoms with Gasteiger partial charge in [-0.1, -0.05) is 30.3 Å². The fraction of sp³-hybridized carbons (Fsp3) is 0.259. The quantitative estimate of drug-likeness (QED) is 0.381. The number of nitrogens with zero attached hydrogens (tertiary/aromatic N) is 1. The third-order valence-electron chi connectivity index (χ3n) is 5.10. The summed E-state index contributed by atoms with van der Waals surface area (Å²) in [4.78, 5) is 26.4. The SMILES string of the molecule is COc1ccccc1NCCC(=O)OCC(=O)Nc1ccc(N(c2ccccc2)C(C)C)cc1. The van der Waals surface area contributed by atoms with Crippen LogP contribution in [0.5, 0.6) is 5.75 Å². The molecule has 7 heteroatoms. The summed E-state index contributed by atoms with van der Waals surface area (Å²) < 4.78 is 10.3. The molecule has 0 heterocycles. The van der Waals surface area contributed by atoms with E-state index in [4.69, 9.17) is 9.47 Å². The van der Waals surface area contributed by atoms with E-state index in [-0.39, 0.29) is 25.0 Å². The van der Waals surface area contributed by atoms with E-state index in [1.54, 1.807) is 7.11 Å². The Labute approximate surface area is 200 Å². The highest BCUT2D eigenvalue weighted by molar-refractivity contribution is 5.93. The van der Waals surface area contributed by atoms with Crippen LogP contribution >= 0.6 is 0 Å². The zero-order valence-electron chi connectivity index (χ0n) is 19.8. The summed E-state index contributed by atoms with van der Waals surface area (Å²) in [5, 5.41) is 5.89. The molecular formula is C27H31N3O4. The van der Waals surface area contributed by atoms with Gasteiger partial charge in [0.05, 0.1) is 19.2 Å². The topological polar surface area (TPSA) is 79.9 Å². The van der Waals surface area contributed by atoms with Crippen LogP contribution in [0.25, 0.3) is 0 Å². The molecule has 7 nitrogen and oxygen atoms in total. The number of carbonyl (C=O) groups is 2. The second kappa shape index (κ2) is 12.3. The van der Waals surface area contributed by atoms with Gasteiger partial charge in [0.2, 0.25) is 0 Å². The van der Waals surface area contributed by atoms with E-state index >= 15 is 0 Å². The number of amides is 1. The van der Waals surface area contributed by atoms with Gasteiger partial charge < -0.3 is 25.0 Å². The summed E-state index contributed by atoms with van der Waals surface area (Å²) in [6, 6.07) is 25.4. The van der Waals surface area contributed by atoms with Crippen LogP contribution in [-0.2, 0) is 14.3 Å². The van der Waals surface area contributed by atoms with E-state index in [1.165, 1.54) is 0 Å². The molecule has 0 bridgehead atoms. The lowest BCUT2D eigenvalue weighted by molar-refractivity contribution is -0.147. The Morgan fingerprint density at radius 2 is 1.53 bits per heavy atom. The monoisotopic (exact) mass is 461 g/mol. The van der Waals surface area contributed by atoms with Crippen molar-refractivity contribution in [2.24, 2.45) is 0 Å². The van der Waals surface area contributed by atoms with Crippen molar-refractivity contribution in [3.8, 4) is 5.75 Å². The lowest BCUT2D eigenvalue weighted by atomic mass is 10.2. The van der Waals surface area contributed by atoms with Crippen molar-refractivity contribution in [2.75, 3.05) is 35.8 Å². The standard InChI is InChI=1S/C27H31N3O4/c1-20(2)30(22-9-5-4-6-10-22)23-15-13-21(14-16-23)29-26(31)19-34-27(32)17-18-28-24-11-7-8-12-25(24)33-3/h4-16,20,28H,17-19H2,1-3H3,(H,29,31). The van der Waals surface area contributed by atoms with Gasteiger partial charge in [0.25, 0.3) is 5.91 Å². The summed E-state index contributed by atoms with van der Waals surface area (Å²) in [5.41, 5.74) is 3.55. The molecule has 2 N–H and O–H groups in total. The van der Waals surface area contributed by atoms with E-state index < -0.39 is 5.97 Å². The van der Waals surface area contributed by atoms with Gasteiger partial charge >= 0.3 is 5.97 Å². The van der Waals surface area contributed by atoms with Crippen LogP contribution in [0.2, 0.25) is 0 Å². The number of ether oxygens (including phenoxy) is 2. The van der Waals surface area contributed by atoms with Gasteiger partial charge in [0.15, 0.2) is 6.61 Å². The first-order valence-corrected chi connectivity index (χ1v) is 11.2. The Hall–Kier alpha value is -4.00. The number of para-hydroxylation sites is 3. The molecule has 1 amide bonds. The van der Waals surface area contributed by atoms with Crippen molar-refractivity contribution < 1.29 is 19.1 Å².